The van der Waals surface area contributed by atoms with Crippen LogP contribution >= 0.6 is 11.3 Å². The number of rotatable bonds is 1. The van der Waals surface area contributed by atoms with Crippen molar-refractivity contribution in [2.24, 2.45) is 0 Å². The molecule has 1 aromatic heterocycles. The van der Waals surface area contributed by atoms with Crippen molar-refractivity contribution in [2.75, 3.05) is 0 Å². The molecule has 0 unspecified atom stereocenters. The SMILES string of the molecule is Cc1cc([Si](C)(C)C)sc1C. The Morgan fingerprint density at radius 3 is 1.91 bits per heavy atom. The highest BCUT2D eigenvalue weighted by atomic mass is 32.1. The van der Waals surface area contributed by atoms with Gasteiger partial charge in [0.25, 0.3) is 0 Å². The Balaban J connectivity index is 3.08. The van der Waals surface area contributed by atoms with Crippen LogP contribution in [0, 0.1) is 13.8 Å². The predicted octanol–water partition coefficient (Wildman–Crippen LogP) is 2.91. The smallest absolute Gasteiger partial charge is 0.0904 e. The maximum atomic E-state index is 2.40. The summed E-state index contributed by atoms with van der Waals surface area (Å²) in [5.74, 6) is 0. The molecule has 0 radical (unpaired) electrons. The van der Waals surface area contributed by atoms with Crippen molar-refractivity contribution in [1.82, 2.24) is 0 Å². The minimum Gasteiger partial charge on any atom is -0.150 e. The van der Waals surface area contributed by atoms with Gasteiger partial charge < -0.3 is 0 Å². The maximum absolute atomic E-state index is 2.40. The molecule has 0 N–H and O–H groups in total. The number of aryl methyl sites for hydroxylation is 2. The van der Waals surface area contributed by atoms with E-state index in [4.69, 9.17) is 0 Å². The molecule has 0 fully saturated rings. The van der Waals surface area contributed by atoms with Gasteiger partial charge in [-0.05, 0) is 30.0 Å². The summed E-state index contributed by atoms with van der Waals surface area (Å²) in [5, 5.41) is 0. The first-order chi connectivity index (χ1) is 4.91. The second-order valence-corrected chi connectivity index (χ2v) is 10.8. The molecule has 0 aliphatic rings. The van der Waals surface area contributed by atoms with Crippen LogP contribution in [0.1, 0.15) is 10.4 Å². The standard InChI is InChI=1S/C9H16SSi/c1-7-6-9(10-8(7)2)11(3,4)5/h6H,1-5H3. The number of hydrogen-bond donors (Lipinski definition) is 0. The Morgan fingerprint density at radius 2 is 1.73 bits per heavy atom. The van der Waals surface area contributed by atoms with E-state index in [1.807, 2.05) is 11.3 Å². The van der Waals surface area contributed by atoms with Gasteiger partial charge in [-0.2, -0.15) is 11.3 Å². The highest BCUT2D eigenvalue weighted by molar-refractivity contribution is 7.26. The summed E-state index contributed by atoms with van der Waals surface area (Å²) in [4.78, 5) is 1.49. The van der Waals surface area contributed by atoms with Gasteiger partial charge in [-0.1, -0.05) is 19.6 Å². The van der Waals surface area contributed by atoms with Crippen molar-refractivity contribution in [1.29, 1.82) is 0 Å². The van der Waals surface area contributed by atoms with E-state index in [9.17, 15) is 0 Å². The Kier molecular flexibility index (Phi) is 2.26. The zero-order valence-corrected chi connectivity index (χ0v) is 9.80. The minimum atomic E-state index is -1.03. The van der Waals surface area contributed by atoms with Crippen LogP contribution in [0.25, 0.3) is 0 Å². The molecule has 1 aromatic rings. The first-order valence-corrected chi connectivity index (χ1v) is 8.30. The van der Waals surface area contributed by atoms with E-state index in [1.54, 1.807) is 4.50 Å². The number of thiophene rings is 1. The summed E-state index contributed by atoms with van der Waals surface area (Å²) in [5.41, 5.74) is 1.47. The van der Waals surface area contributed by atoms with E-state index >= 15 is 0 Å². The Morgan fingerprint density at radius 1 is 1.18 bits per heavy atom. The van der Waals surface area contributed by atoms with Crippen molar-refractivity contribution in [2.45, 2.75) is 33.5 Å². The van der Waals surface area contributed by atoms with Gasteiger partial charge in [-0.15, -0.1) is 0 Å². The highest BCUT2D eigenvalue weighted by Gasteiger charge is 2.18. The Bertz CT molecular complexity index is 236. The van der Waals surface area contributed by atoms with Crippen molar-refractivity contribution < 1.29 is 0 Å². The summed E-state index contributed by atoms with van der Waals surface area (Å²) >= 11 is 1.98. The maximum Gasteiger partial charge on any atom is 0.0904 e. The fourth-order valence-corrected chi connectivity index (χ4v) is 4.06. The van der Waals surface area contributed by atoms with Gasteiger partial charge in [-0.3, -0.25) is 0 Å². The summed E-state index contributed by atoms with van der Waals surface area (Å²) in [6, 6.07) is 2.37. The van der Waals surface area contributed by atoms with Crippen molar-refractivity contribution in [3.63, 3.8) is 0 Å². The van der Waals surface area contributed by atoms with Gasteiger partial charge in [0.2, 0.25) is 0 Å². The molecule has 0 saturated carbocycles. The molecule has 0 aromatic carbocycles. The van der Waals surface area contributed by atoms with Crippen LogP contribution in [0.5, 0.6) is 0 Å². The molecule has 0 aliphatic carbocycles. The van der Waals surface area contributed by atoms with Gasteiger partial charge >= 0.3 is 0 Å². The molecule has 11 heavy (non-hydrogen) atoms. The normalized spacial score (nSPS) is 12.1. The van der Waals surface area contributed by atoms with E-state index < -0.39 is 8.07 Å². The molecule has 0 atom stereocenters. The third-order valence-corrected chi connectivity index (χ3v) is 6.64. The molecule has 1 heterocycles. The third-order valence-electron chi connectivity index (χ3n) is 1.91. The molecular formula is C9H16SSi. The summed E-state index contributed by atoms with van der Waals surface area (Å²) in [6.45, 7) is 11.6. The molecule has 0 bridgehead atoms. The predicted molar refractivity (Wildman–Crippen MR) is 56.8 cm³/mol. The van der Waals surface area contributed by atoms with E-state index in [-0.39, 0.29) is 0 Å². The fourth-order valence-electron chi connectivity index (χ4n) is 0.943. The average Bonchev–Trinajstić information content (AvgIpc) is 2.11. The second-order valence-electron chi connectivity index (χ2n) is 4.10. The average molecular weight is 184 g/mol. The summed E-state index contributed by atoms with van der Waals surface area (Å²) < 4.78 is 1.63. The monoisotopic (exact) mass is 184 g/mol. The molecule has 0 aliphatic heterocycles. The molecule has 0 amide bonds. The van der Waals surface area contributed by atoms with Gasteiger partial charge in [0.05, 0.1) is 8.07 Å². The largest absolute Gasteiger partial charge is 0.150 e. The van der Waals surface area contributed by atoms with Gasteiger partial charge in [0.15, 0.2) is 0 Å². The lowest BCUT2D eigenvalue weighted by Gasteiger charge is -2.12. The topological polar surface area (TPSA) is 0 Å². The van der Waals surface area contributed by atoms with Crippen LogP contribution in [-0.2, 0) is 0 Å². The molecule has 62 valence electrons. The van der Waals surface area contributed by atoms with Gasteiger partial charge in [0, 0.05) is 4.88 Å². The minimum absolute atomic E-state index is 1.03. The van der Waals surface area contributed by atoms with Crippen LogP contribution < -0.4 is 4.50 Å². The second kappa shape index (κ2) is 2.76. The third kappa shape index (κ3) is 1.94. The van der Waals surface area contributed by atoms with Gasteiger partial charge in [-0.25, -0.2) is 0 Å². The molecule has 0 saturated heterocycles. The Hall–Kier alpha value is -0.0831. The molecule has 0 spiro atoms. The van der Waals surface area contributed by atoms with E-state index in [0.717, 1.165) is 0 Å². The summed E-state index contributed by atoms with van der Waals surface area (Å²) in [6.07, 6.45) is 0. The zero-order chi connectivity index (χ0) is 8.65. The fraction of sp³-hybridized carbons (Fsp3) is 0.556. The lowest BCUT2D eigenvalue weighted by molar-refractivity contribution is 1.45. The quantitative estimate of drug-likeness (QED) is 0.589. The van der Waals surface area contributed by atoms with Crippen LogP contribution in [0.3, 0.4) is 0 Å². The van der Waals surface area contributed by atoms with E-state index in [1.165, 1.54) is 10.4 Å². The van der Waals surface area contributed by atoms with Crippen LogP contribution in [-0.4, -0.2) is 8.07 Å². The number of hydrogen-bond acceptors (Lipinski definition) is 1. The highest BCUT2D eigenvalue weighted by Crippen LogP contribution is 2.16. The first kappa shape index (κ1) is 9.01. The van der Waals surface area contributed by atoms with Crippen LogP contribution in [0.2, 0.25) is 19.6 Å². The molecule has 2 heteroatoms. The van der Waals surface area contributed by atoms with E-state index in [0.29, 0.717) is 0 Å². The van der Waals surface area contributed by atoms with E-state index in [2.05, 4.69) is 39.6 Å². The van der Waals surface area contributed by atoms with Gasteiger partial charge in [0.1, 0.15) is 0 Å². The van der Waals surface area contributed by atoms with Crippen molar-refractivity contribution >= 4 is 23.9 Å². The molecule has 1 rings (SSSR count). The lowest BCUT2D eigenvalue weighted by atomic mass is 10.3. The molecular weight excluding hydrogens is 168 g/mol. The van der Waals surface area contributed by atoms with Crippen molar-refractivity contribution in [3.05, 3.63) is 16.5 Å². The Labute approximate surface area is 74.3 Å². The van der Waals surface area contributed by atoms with Crippen LogP contribution in [0.15, 0.2) is 6.07 Å². The van der Waals surface area contributed by atoms with Crippen LogP contribution in [0.4, 0.5) is 0 Å². The summed E-state index contributed by atoms with van der Waals surface area (Å²) in [7, 11) is -1.03. The zero-order valence-electron chi connectivity index (χ0n) is 7.99. The first-order valence-electron chi connectivity index (χ1n) is 3.99. The molecule has 0 nitrogen and oxygen atoms in total. The van der Waals surface area contributed by atoms with Crippen molar-refractivity contribution in [3.8, 4) is 0 Å². The lowest BCUT2D eigenvalue weighted by Crippen LogP contribution is -2.34.